The third-order valence-electron chi connectivity index (χ3n) is 7.09. The molecule has 1 aliphatic rings. The van der Waals surface area contributed by atoms with Crippen molar-refractivity contribution in [3.8, 4) is 11.1 Å². The predicted molar refractivity (Wildman–Crippen MR) is 152 cm³/mol. The van der Waals surface area contributed by atoms with Gasteiger partial charge >= 0.3 is 0 Å². The van der Waals surface area contributed by atoms with E-state index >= 15 is 0 Å². The van der Waals surface area contributed by atoms with E-state index in [1.807, 2.05) is 6.07 Å². The number of nitrogen functional groups attached to an aromatic ring is 1. The van der Waals surface area contributed by atoms with Gasteiger partial charge < -0.3 is 5.73 Å². The summed E-state index contributed by atoms with van der Waals surface area (Å²) in [5, 5.41) is 0. The number of anilines is 1. The molecule has 35 heavy (non-hydrogen) atoms. The molecule has 0 fully saturated rings. The summed E-state index contributed by atoms with van der Waals surface area (Å²) in [6.07, 6.45) is 0. The van der Waals surface area contributed by atoms with Gasteiger partial charge in [-0.3, -0.25) is 0 Å². The molecule has 5 rings (SSSR count). The highest BCUT2D eigenvalue weighted by atomic mass is 14.5. The molecule has 0 saturated heterocycles. The van der Waals surface area contributed by atoms with Crippen molar-refractivity contribution in [3.05, 3.63) is 124 Å². The topological polar surface area (TPSA) is 26.0 Å². The largest absolute Gasteiger partial charge is 0.399 e. The van der Waals surface area contributed by atoms with Crippen LogP contribution in [0.25, 0.3) is 22.3 Å². The summed E-state index contributed by atoms with van der Waals surface area (Å²) in [4.78, 5) is 0. The highest BCUT2D eigenvalue weighted by Gasteiger charge is 2.30. The van der Waals surface area contributed by atoms with Gasteiger partial charge in [0.25, 0.3) is 0 Å². The van der Waals surface area contributed by atoms with Gasteiger partial charge in [-0.1, -0.05) is 108 Å². The van der Waals surface area contributed by atoms with Crippen molar-refractivity contribution in [2.75, 3.05) is 5.73 Å². The molecule has 0 radical (unpaired) electrons. The van der Waals surface area contributed by atoms with Crippen LogP contribution in [0.4, 0.5) is 5.69 Å². The maximum absolute atomic E-state index is 6.30. The fourth-order valence-corrected chi connectivity index (χ4v) is 5.07. The lowest BCUT2D eigenvalue weighted by atomic mass is 9.82. The molecule has 0 bridgehead atoms. The van der Waals surface area contributed by atoms with Crippen LogP contribution in [0.15, 0.2) is 91.0 Å². The first-order valence-electron chi connectivity index (χ1n) is 12.5. The van der Waals surface area contributed by atoms with Crippen molar-refractivity contribution < 1.29 is 0 Å². The fourth-order valence-electron chi connectivity index (χ4n) is 5.07. The number of hydrogen-bond acceptors (Lipinski definition) is 1. The van der Waals surface area contributed by atoms with E-state index in [2.05, 4.69) is 126 Å². The highest BCUT2D eigenvalue weighted by molar-refractivity contribution is 6.13. The Labute approximate surface area is 210 Å². The van der Waals surface area contributed by atoms with Crippen LogP contribution in [0.5, 0.6) is 0 Å². The average Bonchev–Trinajstić information content (AvgIpc) is 3.12. The number of hydrogen-bond donors (Lipinski definition) is 1. The van der Waals surface area contributed by atoms with Crippen LogP contribution in [0, 0.1) is 0 Å². The zero-order chi connectivity index (χ0) is 25.0. The molecule has 1 aliphatic carbocycles. The van der Waals surface area contributed by atoms with Gasteiger partial charge in [-0.05, 0) is 90.7 Å². The highest BCUT2D eigenvalue weighted by Crippen LogP contribution is 2.51. The molecule has 4 aromatic rings. The van der Waals surface area contributed by atoms with Crippen molar-refractivity contribution >= 4 is 16.8 Å². The Kier molecular flexibility index (Phi) is 5.48. The fraction of sp³-hybridized carbons (Fsp3) is 0.235. The van der Waals surface area contributed by atoms with Crippen LogP contribution in [0.3, 0.4) is 0 Å². The Morgan fingerprint density at radius 1 is 0.514 bits per heavy atom. The molecular weight excluding hydrogens is 422 g/mol. The summed E-state index contributed by atoms with van der Waals surface area (Å²) in [5.41, 5.74) is 20.0. The van der Waals surface area contributed by atoms with Crippen molar-refractivity contribution in [2.24, 2.45) is 0 Å². The van der Waals surface area contributed by atoms with E-state index in [0.29, 0.717) is 0 Å². The minimum atomic E-state index is 0.0650. The zero-order valence-electron chi connectivity index (χ0n) is 21.7. The lowest BCUT2D eigenvalue weighted by Gasteiger charge is -2.22. The molecule has 0 unspecified atom stereocenters. The summed E-state index contributed by atoms with van der Waals surface area (Å²) in [6, 6.07) is 33.1. The Bertz CT molecular complexity index is 1370. The van der Waals surface area contributed by atoms with E-state index in [-0.39, 0.29) is 10.8 Å². The summed E-state index contributed by atoms with van der Waals surface area (Å²) in [5.74, 6) is 0. The summed E-state index contributed by atoms with van der Waals surface area (Å²) in [7, 11) is 0. The van der Waals surface area contributed by atoms with E-state index in [1.165, 1.54) is 50.1 Å². The van der Waals surface area contributed by atoms with Crippen LogP contribution in [-0.2, 0) is 10.8 Å². The first kappa shape index (κ1) is 23.2. The second-order valence-electron chi connectivity index (χ2n) is 11.8. The molecule has 0 aliphatic heterocycles. The van der Waals surface area contributed by atoms with Crippen LogP contribution in [0.1, 0.15) is 74.9 Å². The molecule has 0 spiro atoms. The number of benzene rings is 4. The van der Waals surface area contributed by atoms with Crippen molar-refractivity contribution in [1.82, 2.24) is 0 Å². The zero-order valence-corrected chi connectivity index (χ0v) is 21.7. The standard InChI is InChI=1S/C34H35N/c1-33(2,3)24-15-17-27-28-18-16-25(34(4,5)6)21-30(28)32(29(27)20-24)31(22-11-8-7-9-12-22)23-13-10-14-26(35)19-23/h7-21H,35H2,1-6H3. The van der Waals surface area contributed by atoms with Gasteiger partial charge in [0.15, 0.2) is 0 Å². The predicted octanol–water partition coefficient (Wildman–Crippen LogP) is 8.85. The first-order valence-corrected chi connectivity index (χ1v) is 12.5. The molecule has 0 heterocycles. The second-order valence-corrected chi connectivity index (χ2v) is 11.8. The smallest absolute Gasteiger partial charge is 0.0320 e. The number of nitrogens with two attached hydrogens (primary N) is 1. The maximum Gasteiger partial charge on any atom is 0.0320 e. The van der Waals surface area contributed by atoms with Gasteiger partial charge in [0, 0.05) is 5.69 Å². The van der Waals surface area contributed by atoms with E-state index in [1.54, 1.807) is 0 Å². The molecule has 0 aromatic heterocycles. The van der Waals surface area contributed by atoms with E-state index in [4.69, 9.17) is 5.73 Å². The molecule has 0 amide bonds. The lowest BCUT2D eigenvalue weighted by Crippen LogP contribution is -2.11. The van der Waals surface area contributed by atoms with Crippen LogP contribution in [-0.4, -0.2) is 0 Å². The molecule has 4 aromatic carbocycles. The minimum Gasteiger partial charge on any atom is -0.399 e. The maximum atomic E-state index is 6.30. The molecule has 1 nitrogen and oxygen atoms in total. The van der Waals surface area contributed by atoms with Gasteiger partial charge in [0.05, 0.1) is 0 Å². The first-order chi connectivity index (χ1) is 16.5. The monoisotopic (exact) mass is 457 g/mol. The third kappa shape index (κ3) is 4.21. The summed E-state index contributed by atoms with van der Waals surface area (Å²) >= 11 is 0. The van der Waals surface area contributed by atoms with Gasteiger partial charge in [-0.2, -0.15) is 0 Å². The van der Waals surface area contributed by atoms with E-state index in [9.17, 15) is 0 Å². The Morgan fingerprint density at radius 2 is 1.03 bits per heavy atom. The molecule has 0 atom stereocenters. The second kappa shape index (κ2) is 8.27. The Hall–Kier alpha value is -3.58. The van der Waals surface area contributed by atoms with Crippen LogP contribution < -0.4 is 5.73 Å². The van der Waals surface area contributed by atoms with Crippen LogP contribution >= 0.6 is 0 Å². The van der Waals surface area contributed by atoms with Crippen LogP contribution in [0.2, 0.25) is 0 Å². The molecule has 2 N–H and O–H groups in total. The van der Waals surface area contributed by atoms with Crippen molar-refractivity contribution in [2.45, 2.75) is 52.4 Å². The molecule has 176 valence electrons. The van der Waals surface area contributed by atoms with Gasteiger partial charge in [-0.25, -0.2) is 0 Å². The normalized spacial score (nSPS) is 12.9. The minimum absolute atomic E-state index is 0.0650. The van der Waals surface area contributed by atoms with Crippen molar-refractivity contribution in [1.29, 1.82) is 0 Å². The number of fused-ring (bicyclic) bond motifs is 3. The summed E-state index contributed by atoms with van der Waals surface area (Å²) < 4.78 is 0. The number of rotatable bonds is 2. The Morgan fingerprint density at radius 3 is 1.51 bits per heavy atom. The lowest BCUT2D eigenvalue weighted by molar-refractivity contribution is 0.590. The van der Waals surface area contributed by atoms with E-state index < -0.39 is 0 Å². The molecular formula is C34H35N. The van der Waals surface area contributed by atoms with Crippen molar-refractivity contribution in [3.63, 3.8) is 0 Å². The van der Waals surface area contributed by atoms with Gasteiger partial charge in [0.2, 0.25) is 0 Å². The summed E-state index contributed by atoms with van der Waals surface area (Å²) in [6.45, 7) is 13.7. The average molecular weight is 458 g/mol. The Balaban J connectivity index is 1.94. The van der Waals surface area contributed by atoms with E-state index in [0.717, 1.165) is 11.3 Å². The molecule has 0 saturated carbocycles. The third-order valence-corrected chi connectivity index (χ3v) is 7.09. The molecule has 1 heteroatoms. The quantitative estimate of drug-likeness (QED) is 0.263. The SMILES string of the molecule is CC(C)(C)c1ccc2c(c1)C(=C(c1ccccc1)c1cccc(N)c1)c1cc(C(C)(C)C)ccc1-2. The van der Waals surface area contributed by atoms with Gasteiger partial charge in [0.1, 0.15) is 0 Å². The van der Waals surface area contributed by atoms with Gasteiger partial charge in [-0.15, -0.1) is 0 Å².